The van der Waals surface area contributed by atoms with E-state index < -0.39 is 0 Å². The number of nitrogens with zero attached hydrogens (tertiary/aromatic N) is 6. The lowest BCUT2D eigenvalue weighted by Gasteiger charge is -2.47. The maximum Gasteiger partial charge on any atom is 0.254 e. The number of nitrogens with one attached hydrogen (secondary N) is 1. The molecule has 2 aromatic carbocycles. The number of amides is 1. The Morgan fingerprint density at radius 3 is 2.43 bits per heavy atom. The van der Waals surface area contributed by atoms with Crippen LogP contribution in [0.1, 0.15) is 67.8 Å². The van der Waals surface area contributed by atoms with Crippen LogP contribution in [0.15, 0.2) is 65.8 Å². The summed E-state index contributed by atoms with van der Waals surface area (Å²) in [5.74, 6) is 1.89. The molecule has 2 aliphatic rings. The predicted molar refractivity (Wildman–Crippen MR) is 184 cm³/mol. The van der Waals surface area contributed by atoms with Gasteiger partial charge >= 0.3 is 0 Å². The van der Waals surface area contributed by atoms with Crippen molar-refractivity contribution < 1.29 is 9.53 Å². The molecule has 10 heteroatoms. The van der Waals surface area contributed by atoms with Gasteiger partial charge in [0.1, 0.15) is 12.4 Å². The van der Waals surface area contributed by atoms with E-state index in [0.29, 0.717) is 34.5 Å². The molecule has 46 heavy (non-hydrogen) atoms. The number of carbonyl (C=O) groups is 1. The lowest BCUT2D eigenvalue weighted by molar-refractivity contribution is 0.0557. The van der Waals surface area contributed by atoms with Gasteiger partial charge in [-0.1, -0.05) is 52.0 Å². The minimum atomic E-state index is -0.235. The fraction of sp³-hybridized carbons (Fsp3) is 0.417. The van der Waals surface area contributed by atoms with Gasteiger partial charge < -0.3 is 14.5 Å². The van der Waals surface area contributed by atoms with E-state index in [-0.39, 0.29) is 25.1 Å². The third kappa shape index (κ3) is 7.28. The highest BCUT2D eigenvalue weighted by atomic mass is 32.2. The summed E-state index contributed by atoms with van der Waals surface area (Å²) < 4.78 is 9.77. The van der Waals surface area contributed by atoms with Crippen molar-refractivity contribution in [1.82, 2.24) is 24.8 Å². The van der Waals surface area contributed by atoms with Gasteiger partial charge in [-0.15, -0.1) is 0 Å². The van der Waals surface area contributed by atoms with Crippen LogP contribution in [0.2, 0.25) is 0 Å². The van der Waals surface area contributed by atoms with E-state index in [9.17, 15) is 4.79 Å². The molecule has 1 amide bonds. The molecule has 0 spiro atoms. The number of ether oxygens (including phenoxy) is 1. The highest BCUT2D eigenvalue weighted by Gasteiger charge is 2.34. The van der Waals surface area contributed by atoms with Gasteiger partial charge in [-0.25, -0.2) is 15.0 Å². The Balaban J connectivity index is 1.36. The molecular formula is C36H43N7O2S. The quantitative estimate of drug-likeness (QED) is 0.209. The van der Waals surface area contributed by atoms with Crippen molar-refractivity contribution in [3.8, 4) is 17.1 Å². The van der Waals surface area contributed by atoms with Crippen LogP contribution in [0.5, 0.6) is 5.88 Å². The molecule has 4 heterocycles. The van der Waals surface area contributed by atoms with Crippen LogP contribution in [-0.4, -0.2) is 56.5 Å². The summed E-state index contributed by atoms with van der Waals surface area (Å²) >= 11 is 1.37. The molecular weight excluding hydrogens is 595 g/mol. The Kier molecular flexibility index (Phi) is 9.18. The molecule has 1 N–H and O–H groups in total. The Bertz CT molecular complexity index is 1680. The largest absolute Gasteiger partial charge is 0.475 e. The first-order valence-corrected chi connectivity index (χ1v) is 16.8. The maximum absolute atomic E-state index is 14.3. The number of anilines is 2. The number of fused-ring (bicyclic) bond motifs is 4. The Labute approximate surface area is 276 Å². The zero-order valence-electron chi connectivity index (χ0n) is 27.6. The van der Waals surface area contributed by atoms with Gasteiger partial charge in [0.15, 0.2) is 0 Å². The molecule has 0 unspecified atom stereocenters. The Hall–Kier alpha value is -4.18. The van der Waals surface area contributed by atoms with Gasteiger partial charge in [-0.3, -0.25) is 9.52 Å². The third-order valence-electron chi connectivity index (χ3n) is 8.59. The lowest BCUT2D eigenvalue weighted by Crippen LogP contribution is -2.53. The van der Waals surface area contributed by atoms with Crippen LogP contribution in [0.3, 0.4) is 0 Å². The van der Waals surface area contributed by atoms with E-state index in [2.05, 4.69) is 69.4 Å². The monoisotopic (exact) mass is 637 g/mol. The first-order chi connectivity index (χ1) is 22.0. The van der Waals surface area contributed by atoms with Crippen LogP contribution in [-0.2, 0) is 6.54 Å². The van der Waals surface area contributed by atoms with Crippen LogP contribution in [0.25, 0.3) is 11.3 Å². The molecule has 0 aliphatic carbocycles. The molecule has 1 fully saturated rings. The molecule has 0 radical (unpaired) electrons. The van der Waals surface area contributed by atoms with Crippen molar-refractivity contribution in [3.05, 3.63) is 83.4 Å². The SMILES string of the molecule is Cc1cccc(C)c1-c1cc2nc(n1)NSc1cccc(c1)C(=O)N(Cc1ncc(N3CC(C)(C)C3)cn1)[C@H](CCC(C)C)CO2. The van der Waals surface area contributed by atoms with Crippen LogP contribution in [0, 0.1) is 25.2 Å². The molecule has 1 atom stereocenters. The zero-order valence-corrected chi connectivity index (χ0v) is 28.4. The molecule has 0 saturated carbocycles. The normalized spacial score (nSPS) is 17.7. The Morgan fingerprint density at radius 2 is 1.74 bits per heavy atom. The van der Waals surface area contributed by atoms with Crippen molar-refractivity contribution in [2.24, 2.45) is 11.3 Å². The van der Waals surface area contributed by atoms with Crippen molar-refractivity contribution in [3.63, 3.8) is 0 Å². The highest BCUT2D eigenvalue weighted by molar-refractivity contribution is 8.00. The second kappa shape index (κ2) is 13.3. The van der Waals surface area contributed by atoms with E-state index in [4.69, 9.17) is 24.7 Å². The second-order valence-corrected chi connectivity index (χ2v) is 14.5. The molecule has 9 nitrogen and oxygen atoms in total. The van der Waals surface area contributed by atoms with Crippen LogP contribution >= 0.6 is 11.9 Å². The molecule has 1 saturated heterocycles. The van der Waals surface area contributed by atoms with Gasteiger partial charge in [0.2, 0.25) is 11.8 Å². The average molecular weight is 638 g/mol. The fourth-order valence-corrected chi connectivity index (χ4v) is 6.81. The zero-order chi connectivity index (χ0) is 32.4. The van der Waals surface area contributed by atoms with Gasteiger partial charge in [0, 0.05) is 35.2 Å². The minimum absolute atomic E-state index is 0.0785. The first kappa shape index (κ1) is 31.8. The fourth-order valence-electron chi connectivity index (χ4n) is 6.17. The number of rotatable bonds is 7. The third-order valence-corrected chi connectivity index (χ3v) is 9.36. The number of hydrogen-bond donors (Lipinski definition) is 1. The molecule has 4 aromatic rings. The standard InChI is InChI=1S/C36H43N7O2S/c1-23(2)13-14-27-20-45-32-16-30(33-24(3)9-7-10-25(33)4)39-35(40-32)41-46-29-12-8-11-26(15-29)34(44)43(27)19-31-37-17-28(18-38-31)42-21-36(5,6)22-42/h7-12,15-18,23,27H,13-14,19-22H2,1-6H3,(H,39,40,41)/t27-/m1/s1. The molecule has 2 aromatic heterocycles. The van der Waals surface area contributed by atoms with Gasteiger partial charge in [-0.05, 0) is 79.3 Å². The molecule has 6 rings (SSSR count). The lowest BCUT2D eigenvalue weighted by atomic mass is 9.84. The van der Waals surface area contributed by atoms with Crippen LogP contribution < -0.4 is 14.4 Å². The van der Waals surface area contributed by atoms with E-state index in [1.807, 2.05) is 47.6 Å². The number of aromatic nitrogens is 4. The Morgan fingerprint density at radius 1 is 1.02 bits per heavy atom. The summed E-state index contributed by atoms with van der Waals surface area (Å²) in [7, 11) is 0. The molecule has 2 aliphatic heterocycles. The summed E-state index contributed by atoms with van der Waals surface area (Å²) in [6, 6.07) is 15.6. The summed E-state index contributed by atoms with van der Waals surface area (Å²) in [6.45, 7) is 15.6. The van der Waals surface area contributed by atoms with E-state index in [0.717, 1.165) is 58.9 Å². The average Bonchev–Trinajstić information content (AvgIpc) is 3.01. The number of benzene rings is 2. The summed E-state index contributed by atoms with van der Waals surface area (Å²) in [6.07, 6.45) is 5.45. The predicted octanol–water partition coefficient (Wildman–Crippen LogP) is 7.36. The van der Waals surface area contributed by atoms with Crippen molar-refractivity contribution >= 4 is 29.5 Å². The van der Waals surface area contributed by atoms with E-state index in [1.54, 1.807) is 0 Å². The van der Waals surface area contributed by atoms with Gasteiger partial charge in [0.05, 0.1) is 36.4 Å². The van der Waals surface area contributed by atoms with Crippen molar-refractivity contribution in [1.29, 1.82) is 0 Å². The second-order valence-electron chi connectivity index (χ2n) is 13.7. The van der Waals surface area contributed by atoms with E-state index in [1.165, 1.54) is 11.9 Å². The van der Waals surface area contributed by atoms with Crippen molar-refractivity contribution in [2.75, 3.05) is 29.3 Å². The summed E-state index contributed by atoms with van der Waals surface area (Å²) in [5.41, 5.74) is 6.02. The number of aryl methyl sites for hydroxylation is 2. The van der Waals surface area contributed by atoms with Crippen molar-refractivity contribution in [2.45, 2.75) is 71.9 Å². The van der Waals surface area contributed by atoms with Gasteiger partial charge in [0.25, 0.3) is 5.91 Å². The topological polar surface area (TPSA) is 96.4 Å². The summed E-state index contributed by atoms with van der Waals surface area (Å²) in [5, 5.41) is 0. The highest BCUT2D eigenvalue weighted by Crippen LogP contribution is 2.33. The molecule has 4 bridgehead atoms. The summed E-state index contributed by atoms with van der Waals surface area (Å²) in [4.78, 5) is 38.4. The van der Waals surface area contributed by atoms with Gasteiger partial charge in [-0.2, -0.15) is 4.98 Å². The minimum Gasteiger partial charge on any atom is -0.475 e. The van der Waals surface area contributed by atoms with E-state index >= 15 is 0 Å². The number of hydrogen-bond acceptors (Lipinski definition) is 9. The maximum atomic E-state index is 14.3. The number of carbonyl (C=O) groups excluding carboxylic acids is 1. The first-order valence-electron chi connectivity index (χ1n) is 16.0. The van der Waals surface area contributed by atoms with Crippen LogP contribution in [0.4, 0.5) is 11.6 Å². The smallest absolute Gasteiger partial charge is 0.254 e. The molecule has 240 valence electrons.